The standard InChI is InChI=1S/C17H11ClN4O4/c18-15-7-4-12(22(24)25)10-14(15)16(23)21-11-2-5-13(6-3-11)26-17-19-8-1-9-20-17/h1-10H,(H,21,23). The zero-order chi connectivity index (χ0) is 18.5. The van der Waals surface area contributed by atoms with E-state index in [9.17, 15) is 14.9 Å². The number of aromatic nitrogens is 2. The third-order valence-corrected chi connectivity index (χ3v) is 3.60. The van der Waals surface area contributed by atoms with Gasteiger partial charge >= 0.3 is 6.01 Å². The van der Waals surface area contributed by atoms with Crippen molar-refractivity contribution in [2.24, 2.45) is 0 Å². The Bertz CT molecular complexity index is 949. The average molecular weight is 371 g/mol. The lowest BCUT2D eigenvalue weighted by molar-refractivity contribution is -0.384. The number of ether oxygens (including phenoxy) is 1. The Morgan fingerprint density at radius 1 is 1.12 bits per heavy atom. The summed E-state index contributed by atoms with van der Waals surface area (Å²) >= 11 is 5.96. The number of nitro groups is 1. The molecule has 2 aromatic carbocycles. The van der Waals surface area contributed by atoms with Crippen LogP contribution in [0.1, 0.15) is 10.4 Å². The maximum atomic E-state index is 12.3. The molecule has 1 amide bonds. The van der Waals surface area contributed by atoms with E-state index in [1.54, 1.807) is 42.7 Å². The van der Waals surface area contributed by atoms with Crippen LogP contribution >= 0.6 is 11.6 Å². The predicted octanol–water partition coefficient (Wildman–Crippen LogP) is 4.08. The molecule has 1 aromatic heterocycles. The fraction of sp³-hybridized carbons (Fsp3) is 0. The highest BCUT2D eigenvalue weighted by Crippen LogP contribution is 2.24. The van der Waals surface area contributed by atoms with Gasteiger partial charge in [-0.2, -0.15) is 0 Å². The number of anilines is 1. The van der Waals surface area contributed by atoms with Gasteiger partial charge in [0.15, 0.2) is 0 Å². The minimum absolute atomic E-state index is 0.0129. The van der Waals surface area contributed by atoms with Crippen LogP contribution in [-0.2, 0) is 0 Å². The fourth-order valence-corrected chi connectivity index (χ4v) is 2.25. The van der Waals surface area contributed by atoms with E-state index in [2.05, 4.69) is 15.3 Å². The number of nitrogens with zero attached hydrogens (tertiary/aromatic N) is 3. The number of carbonyl (C=O) groups excluding carboxylic acids is 1. The van der Waals surface area contributed by atoms with Gasteiger partial charge in [0.25, 0.3) is 11.6 Å². The van der Waals surface area contributed by atoms with E-state index >= 15 is 0 Å². The van der Waals surface area contributed by atoms with E-state index in [0.717, 1.165) is 6.07 Å². The van der Waals surface area contributed by atoms with E-state index in [1.807, 2.05) is 0 Å². The molecule has 130 valence electrons. The molecule has 0 radical (unpaired) electrons. The molecule has 0 unspecified atom stereocenters. The van der Waals surface area contributed by atoms with Gasteiger partial charge in [-0.3, -0.25) is 14.9 Å². The first-order chi connectivity index (χ1) is 12.5. The summed E-state index contributed by atoms with van der Waals surface area (Å²) < 4.78 is 5.45. The van der Waals surface area contributed by atoms with Crippen molar-refractivity contribution in [3.05, 3.63) is 81.6 Å². The SMILES string of the molecule is O=C(Nc1ccc(Oc2ncccn2)cc1)c1cc([N+](=O)[O-])ccc1Cl. The largest absolute Gasteiger partial charge is 0.424 e. The zero-order valence-electron chi connectivity index (χ0n) is 13.1. The minimum Gasteiger partial charge on any atom is -0.424 e. The molecule has 26 heavy (non-hydrogen) atoms. The molecule has 0 aliphatic rings. The maximum Gasteiger partial charge on any atom is 0.321 e. The first-order valence-electron chi connectivity index (χ1n) is 7.33. The number of halogens is 1. The molecule has 1 heterocycles. The lowest BCUT2D eigenvalue weighted by atomic mass is 10.2. The molecule has 0 saturated carbocycles. The normalized spacial score (nSPS) is 10.2. The quantitative estimate of drug-likeness (QED) is 0.535. The molecule has 0 aliphatic carbocycles. The lowest BCUT2D eigenvalue weighted by Gasteiger charge is -2.08. The lowest BCUT2D eigenvalue weighted by Crippen LogP contribution is -2.12. The molecule has 3 rings (SSSR count). The number of nitrogens with one attached hydrogen (secondary N) is 1. The van der Waals surface area contributed by atoms with Crippen molar-refractivity contribution in [3.8, 4) is 11.8 Å². The summed E-state index contributed by atoms with van der Waals surface area (Å²) in [7, 11) is 0. The second-order valence-corrected chi connectivity index (χ2v) is 5.44. The number of nitro benzene ring substituents is 1. The minimum atomic E-state index is -0.592. The first kappa shape index (κ1) is 17.3. The number of hydrogen-bond acceptors (Lipinski definition) is 6. The van der Waals surface area contributed by atoms with Crippen LogP contribution in [0.4, 0.5) is 11.4 Å². The molecule has 9 heteroatoms. The molecule has 0 atom stereocenters. The van der Waals surface area contributed by atoms with Gasteiger partial charge in [0.1, 0.15) is 5.75 Å². The Balaban J connectivity index is 1.72. The van der Waals surface area contributed by atoms with Gasteiger partial charge in [-0.25, -0.2) is 9.97 Å². The van der Waals surface area contributed by atoms with Crippen LogP contribution in [-0.4, -0.2) is 20.8 Å². The number of carbonyl (C=O) groups is 1. The van der Waals surface area contributed by atoms with Crippen LogP contribution in [0, 0.1) is 10.1 Å². The molecule has 1 N–H and O–H groups in total. The average Bonchev–Trinajstić information content (AvgIpc) is 2.64. The van der Waals surface area contributed by atoms with Gasteiger partial charge in [0.2, 0.25) is 0 Å². The summed E-state index contributed by atoms with van der Waals surface area (Å²) in [6.45, 7) is 0. The molecular formula is C17H11ClN4O4. The zero-order valence-corrected chi connectivity index (χ0v) is 13.9. The molecule has 8 nitrogen and oxygen atoms in total. The summed E-state index contributed by atoms with van der Waals surface area (Å²) in [5, 5.41) is 13.6. The monoisotopic (exact) mass is 370 g/mol. The second-order valence-electron chi connectivity index (χ2n) is 5.03. The molecule has 0 saturated heterocycles. The van der Waals surface area contributed by atoms with Crippen LogP contribution in [0.5, 0.6) is 11.8 Å². The molecule has 0 bridgehead atoms. The third kappa shape index (κ3) is 4.11. The first-order valence-corrected chi connectivity index (χ1v) is 7.71. The molecule has 0 aliphatic heterocycles. The van der Waals surface area contributed by atoms with Crippen LogP contribution in [0.15, 0.2) is 60.9 Å². The highest BCUT2D eigenvalue weighted by Gasteiger charge is 2.16. The number of amides is 1. The predicted molar refractivity (Wildman–Crippen MR) is 94.6 cm³/mol. The van der Waals surface area contributed by atoms with Crippen LogP contribution in [0.2, 0.25) is 5.02 Å². The van der Waals surface area contributed by atoms with Crippen molar-refractivity contribution >= 4 is 28.9 Å². The van der Waals surface area contributed by atoms with E-state index in [-0.39, 0.29) is 22.3 Å². The van der Waals surface area contributed by atoms with E-state index in [0.29, 0.717) is 11.4 Å². The van der Waals surface area contributed by atoms with Gasteiger partial charge < -0.3 is 10.1 Å². The van der Waals surface area contributed by atoms with Crippen LogP contribution < -0.4 is 10.1 Å². The van der Waals surface area contributed by atoms with Crippen molar-refractivity contribution in [2.75, 3.05) is 5.32 Å². The van der Waals surface area contributed by atoms with E-state index in [4.69, 9.17) is 16.3 Å². The van der Waals surface area contributed by atoms with Crippen molar-refractivity contribution < 1.29 is 14.5 Å². The number of rotatable bonds is 5. The van der Waals surface area contributed by atoms with Crippen molar-refractivity contribution in [1.29, 1.82) is 0 Å². The van der Waals surface area contributed by atoms with Crippen LogP contribution in [0.25, 0.3) is 0 Å². The van der Waals surface area contributed by atoms with E-state index < -0.39 is 10.8 Å². The highest BCUT2D eigenvalue weighted by molar-refractivity contribution is 6.34. The molecule has 0 spiro atoms. The van der Waals surface area contributed by atoms with Crippen molar-refractivity contribution in [3.63, 3.8) is 0 Å². The Morgan fingerprint density at radius 3 is 2.46 bits per heavy atom. The van der Waals surface area contributed by atoms with Gasteiger partial charge in [-0.15, -0.1) is 0 Å². The Labute approximate surface area is 152 Å². The summed E-state index contributed by atoms with van der Waals surface area (Å²) in [4.78, 5) is 30.5. The third-order valence-electron chi connectivity index (χ3n) is 3.27. The number of hydrogen-bond donors (Lipinski definition) is 1. The van der Waals surface area contributed by atoms with Crippen LogP contribution in [0.3, 0.4) is 0 Å². The second kappa shape index (κ2) is 7.58. The molecule has 3 aromatic rings. The summed E-state index contributed by atoms with van der Waals surface area (Å²) in [5.74, 6) is -0.0682. The Kier molecular flexibility index (Phi) is 5.04. The Morgan fingerprint density at radius 2 is 1.81 bits per heavy atom. The van der Waals surface area contributed by atoms with Gasteiger partial charge in [0, 0.05) is 30.2 Å². The topological polar surface area (TPSA) is 107 Å². The van der Waals surface area contributed by atoms with E-state index in [1.165, 1.54) is 12.1 Å². The van der Waals surface area contributed by atoms with Gasteiger partial charge in [-0.1, -0.05) is 11.6 Å². The van der Waals surface area contributed by atoms with Crippen molar-refractivity contribution in [1.82, 2.24) is 9.97 Å². The summed E-state index contributed by atoms with van der Waals surface area (Å²) in [5.41, 5.74) is 0.268. The molecule has 0 fully saturated rings. The Hall–Kier alpha value is -3.52. The number of benzene rings is 2. The van der Waals surface area contributed by atoms with Crippen molar-refractivity contribution in [2.45, 2.75) is 0 Å². The summed E-state index contributed by atoms with van der Waals surface area (Å²) in [6.07, 6.45) is 3.11. The maximum absolute atomic E-state index is 12.3. The van der Waals surface area contributed by atoms with Gasteiger partial charge in [-0.05, 0) is 36.4 Å². The smallest absolute Gasteiger partial charge is 0.321 e. The highest BCUT2D eigenvalue weighted by atomic mass is 35.5. The van der Waals surface area contributed by atoms with Gasteiger partial charge in [0.05, 0.1) is 15.5 Å². The molecular weight excluding hydrogens is 360 g/mol. The number of non-ortho nitro benzene ring substituents is 1. The fourth-order valence-electron chi connectivity index (χ4n) is 2.05. The summed E-state index contributed by atoms with van der Waals surface area (Å²) in [6, 6.07) is 12.0.